The van der Waals surface area contributed by atoms with Gasteiger partial charge in [-0.1, -0.05) is 0 Å². The Hall–Kier alpha value is -1.62. The summed E-state index contributed by atoms with van der Waals surface area (Å²) in [6.45, 7) is 7.04. The molecule has 18 heavy (non-hydrogen) atoms. The Morgan fingerprint density at radius 1 is 1.44 bits per heavy atom. The van der Waals surface area contributed by atoms with Crippen LogP contribution in [0.1, 0.15) is 35.0 Å². The normalized spacial score (nSPS) is 10.6. The van der Waals surface area contributed by atoms with E-state index in [1.54, 1.807) is 19.9 Å². The van der Waals surface area contributed by atoms with Gasteiger partial charge in [0.05, 0.1) is 0 Å². The molecule has 1 aromatic heterocycles. The van der Waals surface area contributed by atoms with Gasteiger partial charge in [0, 0.05) is 25.5 Å². The van der Waals surface area contributed by atoms with Crippen LogP contribution in [0, 0.1) is 13.8 Å². The fraction of sp³-hybridized carbons (Fsp3) is 0.538. The van der Waals surface area contributed by atoms with Gasteiger partial charge in [-0.3, -0.25) is 4.79 Å². The summed E-state index contributed by atoms with van der Waals surface area (Å²) in [5.41, 5.74) is 0.707. The Kier molecular flexibility index (Phi) is 5.09. The summed E-state index contributed by atoms with van der Waals surface area (Å²) < 4.78 is 6.70. The van der Waals surface area contributed by atoms with E-state index in [-0.39, 0.29) is 5.56 Å². The summed E-state index contributed by atoms with van der Waals surface area (Å²) in [5.74, 6) is -1.17. The van der Waals surface area contributed by atoms with Gasteiger partial charge < -0.3 is 14.4 Å². The highest BCUT2D eigenvalue weighted by Crippen LogP contribution is 2.07. The maximum absolute atomic E-state index is 12.1. The number of aromatic carboxylic acids is 1. The van der Waals surface area contributed by atoms with Crippen LogP contribution < -0.4 is 5.56 Å². The van der Waals surface area contributed by atoms with Crippen LogP contribution in [0.2, 0.25) is 0 Å². The minimum Gasteiger partial charge on any atom is -0.477 e. The minimum atomic E-state index is -1.17. The zero-order valence-corrected chi connectivity index (χ0v) is 11.0. The molecule has 0 saturated carbocycles. The lowest BCUT2D eigenvalue weighted by Gasteiger charge is -2.12. The van der Waals surface area contributed by atoms with Gasteiger partial charge in [0.2, 0.25) is 0 Å². The lowest BCUT2D eigenvalue weighted by molar-refractivity contribution is 0.0693. The van der Waals surface area contributed by atoms with Crippen molar-refractivity contribution in [1.29, 1.82) is 0 Å². The molecule has 5 nitrogen and oxygen atoms in total. The molecule has 1 heterocycles. The Morgan fingerprint density at radius 2 is 2.11 bits per heavy atom. The average Bonchev–Trinajstić information content (AvgIpc) is 2.26. The van der Waals surface area contributed by atoms with Crippen molar-refractivity contribution in [3.05, 3.63) is 33.2 Å². The molecule has 0 spiro atoms. The first-order chi connectivity index (χ1) is 8.49. The van der Waals surface area contributed by atoms with E-state index in [2.05, 4.69) is 0 Å². The van der Waals surface area contributed by atoms with Gasteiger partial charge in [-0.25, -0.2) is 4.79 Å². The van der Waals surface area contributed by atoms with Crippen molar-refractivity contribution in [1.82, 2.24) is 4.57 Å². The van der Waals surface area contributed by atoms with E-state index in [1.807, 2.05) is 6.92 Å². The SMILES string of the molecule is CCOCCCn1c(C)cc(C)c(C(=O)O)c1=O. The molecule has 1 aromatic rings. The molecule has 0 aromatic carbocycles. The molecule has 100 valence electrons. The molecule has 0 aliphatic carbocycles. The summed E-state index contributed by atoms with van der Waals surface area (Å²) in [4.78, 5) is 23.1. The van der Waals surface area contributed by atoms with Crippen LogP contribution in [0.4, 0.5) is 0 Å². The Bertz CT molecular complexity index is 490. The number of rotatable bonds is 6. The number of carboxylic acids is 1. The van der Waals surface area contributed by atoms with Gasteiger partial charge in [0.1, 0.15) is 5.56 Å². The standard InChI is InChI=1S/C13H19NO4/c1-4-18-7-5-6-14-10(3)8-9(2)11(12(14)15)13(16)17/h8H,4-7H2,1-3H3,(H,16,17). The Labute approximate surface area is 106 Å². The van der Waals surface area contributed by atoms with Crippen LogP contribution in [-0.4, -0.2) is 28.9 Å². The van der Waals surface area contributed by atoms with Crippen molar-refractivity contribution in [2.45, 2.75) is 33.7 Å². The summed E-state index contributed by atoms with van der Waals surface area (Å²) in [6, 6.07) is 1.73. The monoisotopic (exact) mass is 253 g/mol. The van der Waals surface area contributed by atoms with Crippen LogP contribution in [-0.2, 0) is 11.3 Å². The highest BCUT2D eigenvalue weighted by atomic mass is 16.5. The molecule has 0 bridgehead atoms. The second-order valence-corrected chi connectivity index (χ2v) is 4.16. The topological polar surface area (TPSA) is 68.5 Å². The highest BCUT2D eigenvalue weighted by molar-refractivity contribution is 5.88. The average molecular weight is 253 g/mol. The number of aryl methyl sites for hydroxylation is 2. The molecule has 0 saturated heterocycles. The van der Waals surface area contributed by atoms with Crippen molar-refractivity contribution in [2.24, 2.45) is 0 Å². The van der Waals surface area contributed by atoms with E-state index in [1.165, 1.54) is 4.57 Å². The number of pyridine rings is 1. The zero-order valence-electron chi connectivity index (χ0n) is 11.0. The number of aromatic nitrogens is 1. The van der Waals surface area contributed by atoms with Crippen molar-refractivity contribution < 1.29 is 14.6 Å². The molecular formula is C13H19NO4. The molecule has 0 radical (unpaired) electrons. The smallest absolute Gasteiger partial charge is 0.341 e. The van der Waals surface area contributed by atoms with Crippen LogP contribution in [0.25, 0.3) is 0 Å². The molecule has 0 fully saturated rings. The molecule has 5 heteroatoms. The first kappa shape index (κ1) is 14.4. The van der Waals surface area contributed by atoms with Gasteiger partial charge >= 0.3 is 5.97 Å². The summed E-state index contributed by atoms with van der Waals surface area (Å²) in [7, 11) is 0. The summed E-state index contributed by atoms with van der Waals surface area (Å²) in [5, 5.41) is 9.03. The number of hydrogen-bond acceptors (Lipinski definition) is 3. The number of carbonyl (C=O) groups is 1. The van der Waals surface area contributed by atoms with Crippen molar-refractivity contribution in [2.75, 3.05) is 13.2 Å². The third kappa shape index (κ3) is 3.20. The third-order valence-corrected chi connectivity index (χ3v) is 2.79. The molecule has 0 aliphatic heterocycles. The van der Waals surface area contributed by atoms with E-state index in [0.29, 0.717) is 31.7 Å². The molecule has 1 N–H and O–H groups in total. The minimum absolute atomic E-state index is 0.142. The second kappa shape index (κ2) is 6.35. The van der Waals surface area contributed by atoms with E-state index in [4.69, 9.17) is 9.84 Å². The first-order valence-corrected chi connectivity index (χ1v) is 6.01. The first-order valence-electron chi connectivity index (χ1n) is 6.01. The van der Waals surface area contributed by atoms with Crippen LogP contribution in [0.15, 0.2) is 10.9 Å². The quantitative estimate of drug-likeness (QED) is 0.782. The van der Waals surface area contributed by atoms with E-state index >= 15 is 0 Å². The summed E-state index contributed by atoms with van der Waals surface area (Å²) >= 11 is 0. The number of hydrogen-bond donors (Lipinski definition) is 1. The third-order valence-electron chi connectivity index (χ3n) is 2.79. The van der Waals surface area contributed by atoms with Gasteiger partial charge in [0.15, 0.2) is 0 Å². The number of ether oxygens (including phenoxy) is 1. The number of nitrogens with zero attached hydrogens (tertiary/aromatic N) is 1. The molecular weight excluding hydrogens is 234 g/mol. The predicted molar refractivity (Wildman–Crippen MR) is 68.2 cm³/mol. The highest BCUT2D eigenvalue weighted by Gasteiger charge is 2.16. The molecule has 0 unspecified atom stereocenters. The van der Waals surface area contributed by atoms with E-state index in [0.717, 1.165) is 5.69 Å². The van der Waals surface area contributed by atoms with E-state index < -0.39 is 11.5 Å². The number of carboxylic acid groups (broad SMARTS) is 1. The lowest BCUT2D eigenvalue weighted by Crippen LogP contribution is -2.29. The molecule has 0 atom stereocenters. The lowest BCUT2D eigenvalue weighted by atomic mass is 10.1. The van der Waals surface area contributed by atoms with Crippen LogP contribution >= 0.6 is 0 Å². The fourth-order valence-corrected chi connectivity index (χ4v) is 1.93. The van der Waals surface area contributed by atoms with Crippen molar-refractivity contribution >= 4 is 5.97 Å². The fourth-order valence-electron chi connectivity index (χ4n) is 1.93. The van der Waals surface area contributed by atoms with Gasteiger partial charge in [-0.05, 0) is 38.8 Å². The predicted octanol–water partition coefficient (Wildman–Crippen LogP) is 1.59. The second-order valence-electron chi connectivity index (χ2n) is 4.16. The Morgan fingerprint density at radius 3 is 2.67 bits per heavy atom. The van der Waals surface area contributed by atoms with Crippen molar-refractivity contribution in [3.63, 3.8) is 0 Å². The Balaban J connectivity index is 3.01. The van der Waals surface area contributed by atoms with Gasteiger partial charge in [-0.15, -0.1) is 0 Å². The molecule has 1 rings (SSSR count). The maximum atomic E-state index is 12.1. The van der Waals surface area contributed by atoms with Crippen LogP contribution in [0.3, 0.4) is 0 Å². The largest absolute Gasteiger partial charge is 0.477 e. The maximum Gasteiger partial charge on any atom is 0.341 e. The zero-order chi connectivity index (χ0) is 13.7. The molecule has 0 amide bonds. The van der Waals surface area contributed by atoms with E-state index in [9.17, 15) is 9.59 Å². The van der Waals surface area contributed by atoms with Gasteiger partial charge in [-0.2, -0.15) is 0 Å². The van der Waals surface area contributed by atoms with Gasteiger partial charge in [0.25, 0.3) is 5.56 Å². The molecule has 0 aliphatic rings. The van der Waals surface area contributed by atoms with Crippen molar-refractivity contribution in [3.8, 4) is 0 Å². The van der Waals surface area contributed by atoms with Crippen LogP contribution in [0.5, 0.6) is 0 Å². The summed E-state index contributed by atoms with van der Waals surface area (Å²) in [6.07, 6.45) is 0.691.